The van der Waals surface area contributed by atoms with Crippen LogP contribution in [0.4, 0.5) is 0 Å². The molecule has 3 aromatic heterocycles. The molecule has 0 fully saturated rings. The van der Waals surface area contributed by atoms with Crippen LogP contribution in [0.3, 0.4) is 0 Å². The van der Waals surface area contributed by atoms with Gasteiger partial charge in [0.1, 0.15) is 5.82 Å². The molecule has 0 saturated carbocycles. The van der Waals surface area contributed by atoms with Crippen molar-refractivity contribution >= 4 is 76.4 Å². The zero-order valence-electron chi connectivity index (χ0n) is 33.8. The van der Waals surface area contributed by atoms with Crippen LogP contribution >= 0.6 is 0 Å². The Hall–Kier alpha value is -7.89. The number of rotatable bonds is 5. The fraction of sp³-hybridized carbons (Fsp3) is 0.0702. The Labute approximate surface area is 358 Å². The summed E-state index contributed by atoms with van der Waals surface area (Å²) < 4.78 is 5.00. The summed E-state index contributed by atoms with van der Waals surface area (Å²) in [5.41, 5.74) is 9.26. The van der Waals surface area contributed by atoms with Crippen LogP contribution in [0.2, 0.25) is 0 Å². The fourth-order valence-corrected chi connectivity index (χ4v) is 10.4. The Morgan fingerprint density at radius 1 is 0.452 bits per heavy atom. The summed E-state index contributed by atoms with van der Waals surface area (Å²) in [5, 5.41) is 10.0. The molecule has 292 valence electrons. The van der Waals surface area contributed by atoms with Crippen LogP contribution in [-0.2, 0) is 0 Å². The zero-order chi connectivity index (χ0) is 40.7. The minimum Gasteiger partial charge on any atom is -0.312 e. The van der Waals surface area contributed by atoms with Gasteiger partial charge in [0.15, 0.2) is 11.6 Å². The molecule has 7 aromatic carbocycles. The molecule has 0 bridgehead atoms. The molecular weight excluding hydrogens is 755 g/mol. The highest BCUT2D eigenvalue weighted by molar-refractivity contribution is 6.33. The highest BCUT2D eigenvalue weighted by atomic mass is 15.0. The Kier molecular flexibility index (Phi) is 7.79. The number of allylic oxidation sites excluding steroid dienone is 12. The predicted molar refractivity (Wildman–Crippen MR) is 257 cm³/mol. The van der Waals surface area contributed by atoms with E-state index in [0.717, 1.165) is 34.9 Å². The monoisotopic (exact) mass is 793 g/mol. The molecular formula is C57H39N5. The van der Waals surface area contributed by atoms with Crippen molar-refractivity contribution in [2.24, 2.45) is 11.8 Å². The van der Waals surface area contributed by atoms with Gasteiger partial charge in [-0.1, -0.05) is 164 Å². The highest BCUT2D eigenvalue weighted by Gasteiger charge is 2.34. The average Bonchev–Trinajstić information content (AvgIpc) is 3.87. The molecule has 0 saturated heterocycles. The lowest BCUT2D eigenvalue weighted by atomic mass is 9.77. The minimum absolute atomic E-state index is 0.0205. The quantitative estimate of drug-likeness (QED) is 0.174. The van der Waals surface area contributed by atoms with Crippen molar-refractivity contribution < 1.29 is 0 Å². The van der Waals surface area contributed by atoms with Gasteiger partial charge in [0.25, 0.3) is 0 Å². The number of fused-ring (bicyclic) bond motifs is 11. The van der Waals surface area contributed by atoms with Crippen molar-refractivity contribution in [1.82, 2.24) is 24.1 Å². The first kappa shape index (κ1) is 34.9. The van der Waals surface area contributed by atoms with Crippen LogP contribution in [0, 0.1) is 11.8 Å². The van der Waals surface area contributed by atoms with Crippen molar-refractivity contribution in [3.8, 4) is 17.1 Å². The van der Waals surface area contributed by atoms with E-state index < -0.39 is 0 Å². The highest BCUT2D eigenvalue weighted by Crippen LogP contribution is 2.48. The smallest absolute Gasteiger partial charge is 0.163 e. The standard InChI is InChI=1S/C57H39N5/c1-3-17-38(18-4-1)55-58-56(39-19-5-2-6-20-39)60-57(59-55)45-26-13-25-44-43(45)24-14-28-47(44)62-50-32-30-37-16-9-10-22-42(37)52(50)54-51(62)34-33-49-53(54)46-23-11-12-27-48(46)61(49)41-31-29-36-15-7-8-21-40(36)35-41/h1-19,21-35,39,43-44H,20H2. The minimum atomic E-state index is 0.0205. The van der Waals surface area contributed by atoms with Gasteiger partial charge >= 0.3 is 0 Å². The number of nitrogens with zero attached hydrogens (tertiary/aromatic N) is 5. The van der Waals surface area contributed by atoms with E-state index in [0.29, 0.717) is 5.82 Å². The topological polar surface area (TPSA) is 48.5 Å². The SMILES string of the molecule is C1=CCC(c2nc(C3=CC=CC4C(n5c6ccc7ccccc7c6c6c7c8ccccc8n(-c8ccc9ccccc9c8)c7ccc65)=CC=CC34)nc(-c3ccccc3)n2)C=C1. The second-order valence-corrected chi connectivity index (χ2v) is 16.7. The number of hydrogen-bond acceptors (Lipinski definition) is 3. The second-order valence-electron chi connectivity index (χ2n) is 16.7. The van der Waals surface area contributed by atoms with Gasteiger partial charge in [-0.15, -0.1) is 0 Å². The van der Waals surface area contributed by atoms with E-state index in [1.54, 1.807) is 0 Å². The maximum absolute atomic E-state index is 5.25. The predicted octanol–water partition coefficient (Wildman–Crippen LogP) is 13.9. The van der Waals surface area contributed by atoms with E-state index in [2.05, 4.69) is 197 Å². The molecule has 13 rings (SSSR count). The first-order valence-corrected chi connectivity index (χ1v) is 21.6. The van der Waals surface area contributed by atoms with E-state index in [-0.39, 0.29) is 17.8 Å². The molecule has 3 unspecified atom stereocenters. The molecule has 0 aliphatic heterocycles. The maximum Gasteiger partial charge on any atom is 0.163 e. The van der Waals surface area contributed by atoms with Crippen molar-refractivity contribution in [2.75, 3.05) is 0 Å². The van der Waals surface area contributed by atoms with Gasteiger partial charge in [-0.2, -0.15) is 0 Å². The molecule has 5 heteroatoms. The lowest BCUT2D eigenvalue weighted by Crippen LogP contribution is -2.23. The summed E-state index contributed by atoms with van der Waals surface area (Å²) in [6.45, 7) is 0. The second kappa shape index (κ2) is 13.8. The van der Waals surface area contributed by atoms with Crippen LogP contribution < -0.4 is 0 Å². The molecule has 3 aliphatic carbocycles. The maximum atomic E-state index is 5.25. The molecule has 3 atom stereocenters. The van der Waals surface area contributed by atoms with E-state index in [4.69, 9.17) is 15.0 Å². The third-order valence-electron chi connectivity index (χ3n) is 13.2. The molecule has 10 aromatic rings. The van der Waals surface area contributed by atoms with Crippen LogP contribution in [0.25, 0.3) is 93.5 Å². The number of aromatic nitrogens is 5. The van der Waals surface area contributed by atoms with E-state index in [9.17, 15) is 0 Å². The van der Waals surface area contributed by atoms with Gasteiger partial charge in [0.2, 0.25) is 0 Å². The van der Waals surface area contributed by atoms with E-state index in [1.807, 2.05) is 18.2 Å². The largest absolute Gasteiger partial charge is 0.312 e. The van der Waals surface area contributed by atoms with Gasteiger partial charge in [-0.25, -0.2) is 15.0 Å². The van der Waals surface area contributed by atoms with Gasteiger partial charge < -0.3 is 9.13 Å². The normalized spacial score (nSPS) is 18.4. The van der Waals surface area contributed by atoms with Crippen molar-refractivity contribution in [3.05, 3.63) is 218 Å². The molecule has 0 amide bonds. The summed E-state index contributed by atoms with van der Waals surface area (Å²) in [7, 11) is 0. The molecule has 3 heterocycles. The molecule has 5 nitrogen and oxygen atoms in total. The lowest BCUT2D eigenvalue weighted by Gasteiger charge is -2.32. The summed E-state index contributed by atoms with van der Waals surface area (Å²) in [5.74, 6) is 2.40. The Morgan fingerprint density at radius 3 is 2.00 bits per heavy atom. The van der Waals surface area contributed by atoms with Crippen molar-refractivity contribution in [1.29, 1.82) is 0 Å². The van der Waals surface area contributed by atoms with Crippen LogP contribution in [0.5, 0.6) is 0 Å². The summed E-state index contributed by atoms with van der Waals surface area (Å²) in [6.07, 6.45) is 23.1. The third kappa shape index (κ3) is 5.31. The summed E-state index contributed by atoms with van der Waals surface area (Å²) >= 11 is 0. The Morgan fingerprint density at radius 2 is 1.13 bits per heavy atom. The first-order valence-electron chi connectivity index (χ1n) is 21.6. The summed E-state index contributed by atoms with van der Waals surface area (Å²) in [4.78, 5) is 15.5. The van der Waals surface area contributed by atoms with Crippen molar-refractivity contribution in [3.63, 3.8) is 0 Å². The van der Waals surface area contributed by atoms with Gasteiger partial charge in [-0.05, 0) is 70.4 Å². The molecule has 3 aliphatic rings. The Bertz CT molecular complexity index is 3680. The van der Waals surface area contributed by atoms with Crippen LogP contribution in [0.1, 0.15) is 24.0 Å². The van der Waals surface area contributed by atoms with Crippen molar-refractivity contribution in [2.45, 2.75) is 12.3 Å². The number of hydrogen-bond donors (Lipinski definition) is 0. The first-order chi connectivity index (χ1) is 30.8. The van der Waals surface area contributed by atoms with Gasteiger partial charge in [0.05, 0.1) is 22.1 Å². The number of benzene rings is 7. The molecule has 0 radical (unpaired) electrons. The molecule has 0 spiro atoms. The Balaban J connectivity index is 1.02. The summed E-state index contributed by atoms with van der Waals surface area (Å²) in [6, 6.07) is 52.8. The van der Waals surface area contributed by atoms with Gasteiger partial charge in [0, 0.05) is 61.8 Å². The fourth-order valence-electron chi connectivity index (χ4n) is 10.4. The third-order valence-corrected chi connectivity index (χ3v) is 13.2. The van der Waals surface area contributed by atoms with E-state index >= 15 is 0 Å². The average molecular weight is 794 g/mol. The lowest BCUT2D eigenvalue weighted by molar-refractivity contribution is 0.662. The van der Waals surface area contributed by atoms with Crippen LogP contribution in [0.15, 0.2) is 206 Å². The number of para-hydroxylation sites is 1. The van der Waals surface area contributed by atoms with Gasteiger partial charge in [-0.3, -0.25) is 0 Å². The van der Waals surface area contributed by atoms with Crippen LogP contribution in [-0.4, -0.2) is 24.1 Å². The molecule has 62 heavy (non-hydrogen) atoms. The zero-order valence-corrected chi connectivity index (χ0v) is 33.8. The van der Waals surface area contributed by atoms with E-state index in [1.165, 1.54) is 70.9 Å². The molecule has 0 N–H and O–H groups in total.